The fourth-order valence-electron chi connectivity index (χ4n) is 3.89. The van der Waals surface area contributed by atoms with E-state index in [-0.39, 0.29) is 0 Å². The summed E-state index contributed by atoms with van der Waals surface area (Å²) in [5.41, 5.74) is 3.58. The third-order valence-electron chi connectivity index (χ3n) is 5.27. The van der Waals surface area contributed by atoms with Crippen LogP contribution in [-0.2, 0) is 19.5 Å². The normalized spacial score (nSPS) is 17.2. The molecule has 0 bridgehead atoms. The molecule has 1 aromatic carbocycles. The summed E-state index contributed by atoms with van der Waals surface area (Å²) in [5.74, 6) is 2.51. The Morgan fingerprint density at radius 3 is 2.69 bits per heavy atom. The summed E-state index contributed by atoms with van der Waals surface area (Å²) >= 11 is 0. The van der Waals surface area contributed by atoms with Gasteiger partial charge < -0.3 is 14.4 Å². The Morgan fingerprint density at radius 2 is 1.92 bits per heavy atom. The molecular weight excluding hydrogens is 328 g/mol. The third-order valence-corrected chi connectivity index (χ3v) is 5.27. The zero-order valence-corrected chi connectivity index (χ0v) is 15.6. The topological polar surface area (TPSA) is 50.7 Å². The first-order valence-corrected chi connectivity index (χ1v) is 9.30. The molecule has 3 heterocycles. The van der Waals surface area contributed by atoms with Crippen molar-refractivity contribution in [1.29, 1.82) is 0 Å². The van der Waals surface area contributed by atoms with Crippen molar-refractivity contribution in [3.63, 3.8) is 0 Å². The van der Waals surface area contributed by atoms with Gasteiger partial charge in [0.1, 0.15) is 0 Å². The molecule has 1 fully saturated rings. The lowest BCUT2D eigenvalue weighted by Gasteiger charge is -2.29. The van der Waals surface area contributed by atoms with Crippen LogP contribution in [0.4, 0.5) is 5.95 Å². The smallest absolute Gasteiger partial charge is 0.225 e. The van der Waals surface area contributed by atoms with Crippen molar-refractivity contribution in [2.24, 2.45) is 0 Å². The number of aromatic nitrogens is 2. The van der Waals surface area contributed by atoms with E-state index in [9.17, 15) is 0 Å². The number of rotatable bonds is 5. The molecule has 2 aliphatic heterocycles. The maximum absolute atomic E-state index is 5.57. The van der Waals surface area contributed by atoms with Crippen molar-refractivity contribution in [2.45, 2.75) is 32.4 Å². The second kappa shape index (κ2) is 7.50. The van der Waals surface area contributed by atoms with Gasteiger partial charge in [-0.2, -0.15) is 0 Å². The van der Waals surface area contributed by atoms with Crippen molar-refractivity contribution in [2.75, 3.05) is 38.8 Å². The van der Waals surface area contributed by atoms with Gasteiger partial charge >= 0.3 is 0 Å². The Kier molecular flexibility index (Phi) is 4.93. The fourth-order valence-corrected chi connectivity index (χ4v) is 3.89. The molecule has 0 amide bonds. The molecule has 0 unspecified atom stereocenters. The van der Waals surface area contributed by atoms with Gasteiger partial charge in [-0.05, 0) is 18.9 Å². The lowest BCUT2D eigenvalue weighted by Crippen LogP contribution is -2.32. The molecule has 0 radical (unpaired) electrons. The van der Waals surface area contributed by atoms with E-state index in [2.05, 4.69) is 20.9 Å². The average Bonchev–Trinajstić information content (AvgIpc) is 3.22. The van der Waals surface area contributed by atoms with Crippen LogP contribution >= 0.6 is 0 Å². The molecule has 4 rings (SSSR count). The number of methoxy groups -OCH3 is 2. The van der Waals surface area contributed by atoms with Gasteiger partial charge in [-0.25, -0.2) is 9.97 Å². The number of hydrogen-bond donors (Lipinski definition) is 0. The molecule has 1 aromatic heterocycles. The first-order valence-electron chi connectivity index (χ1n) is 9.30. The van der Waals surface area contributed by atoms with Crippen molar-refractivity contribution in [3.05, 3.63) is 41.2 Å². The van der Waals surface area contributed by atoms with Gasteiger partial charge in [-0.15, -0.1) is 0 Å². The van der Waals surface area contributed by atoms with Crippen LogP contribution in [0.5, 0.6) is 11.5 Å². The lowest BCUT2D eigenvalue weighted by atomic mass is 10.1. The van der Waals surface area contributed by atoms with E-state index in [1.807, 2.05) is 18.3 Å². The van der Waals surface area contributed by atoms with Gasteiger partial charge in [-0.1, -0.05) is 12.1 Å². The first-order chi connectivity index (χ1) is 12.8. The first kappa shape index (κ1) is 17.1. The van der Waals surface area contributed by atoms with Crippen LogP contribution in [0.1, 0.15) is 29.7 Å². The van der Waals surface area contributed by atoms with E-state index < -0.39 is 0 Å². The van der Waals surface area contributed by atoms with Crippen molar-refractivity contribution in [3.8, 4) is 11.5 Å². The molecule has 26 heavy (non-hydrogen) atoms. The molecule has 2 aromatic rings. The monoisotopic (exact) mass is 354 g/mol. The highest BCUT2D eigenvalue weighted by molar-refractivity contribution is 5.46. The van der Waals surface area contributed by atoms with Gasteiger partial charge in [0.15, 0.2) is 11.5 Å². The third kappa shape index (κ3) is 3.33. The van der Waals surface area contributed by atoms with E-state index in [1.54, 1.807) is 14.2 Å². The Bertz CT molecular complexity index is 774. The molecule has 0 N–H and O–H groups in total. The largest absolute Gasteiger partial charge is 0.493 e. The SMILES string of the molecule is COc1cccc(CN2CCc3nc(N4CCCC4)ncc3C2)c1OC. The highest BCUT2D eigenvalue weighted by atomic mass is 16.5. The van der Waals surface area contributed by atoms with Crippen LogP contribution in [0.2, 0.25) is 0 Å². The molecular formula is C20H26N4O2. The van der Waals surface area contributed by atoms with E-state index in [0.29, 0.717) is 0 Å². The molecule has 0 atom stereocenters. The van der Waals surface area contributed by atoms with Crippen LogP contribution in [0.15, 0.2) is 24.4 Å². The summed E-state index contributed by atoms with van der Waals surface area (Å²) < 4.78 is 11.0. The second-order valence-corrected chi connectivity index (χ2v) is 6.95. The average molecular weight is 354 g/mol. The predicted octanol–water partition coefficient (Wildman–Crippen LogP) is 2.65. The van der Waals surface area contributed by atoms with Gasteiger partial charge in [0.25, 0.3) is 0 Å². The Labute approximate surface area is 154 Å². The molecule has 0 spiro atoms. The van der Waals surface area contributed by atoms with Gasteiger partial charge in [0.2, 0.25) is 5.95 Å². The van der Waals surface area contributed by atoms with Gasteiger partial charge in [0.05, 0.1) is 19.9 Å². The molecule has 0 saturated carbocycles. The highest BCUT2D eigenvalue weighted by Gasteiger charge is 2.22. The van der Waals surface area contributed by atoms with Crippen LogP contribution in [0.25, 0.3) is 0 Å². The standard InChI is InChI=1S/C20H26N4O2/c1-25-18-7-5-6-15(19(18)26-2)13-23-11-8-17-16(14-23)12-21-20(22-17)24-9-3-4-10-24/h5-7,12H,3-4,8-11,13-14H2,1-2H3. The molecule has 6 nitrogen and oxygen atoms in total. The van der Waals surface area contributed by atoms with Gasteiger partial charge in [-0.3, -0.25) is 4.90 Å². The number of para-hydroxylation sites is 1. The minimum Gasteiger partial charge on any atom is -0.493 e. The number of benzene rings is 1. The molecule has 2 aliphatic rings. The van der Waals surface area contributed by atoms with Crippen LogP contribution in [-0.4, -0.2) is 48.7 Å². The van der Waals surface area contributed by atoms with Crippen LogP contribution in [0.3, 0.4) is 0 Å². The van der Waals surface area contributed by atoms with E-state index in [4.69, 9.17) is 14.5 Å². The zero-order valence-electron chi connectivity index (χ0n) is 15.6. The van der Waals surface area contributed by atoms with Crippen LogP contribution in [0, 0.1) is 0 Å². The number of ether oxygens (including phenoxy) is 2. The summed E-state index contributed by atoms with van der Waals surface area (Å²) in [7, 11) is 3.37. The summed E-state index contributed by atoms with van der Waals surface area (Å²) in [5, 5.41) is 0. The van der Waals surface area contributed by atoms with E-state index in [0.717, 1.165) is 62.2 Å². The Balaban J connectivity index is 1.49. The Morgan fingerprint density at radius 1 is 1.08 bits per heavy atom. The summed E-state index contributed by atoms with van der Waals surface area (Å²) in [6.07, 6.45) is 5.48. The van der Waals surface area contributed by atoms with Gasteiger partial charge in [0, 0.05) is 56.5 Å². The molecule has 6 heteroatoms. The van der Waals surface area contributed by atoms with E-state index in [1.165, 1.54) is 24.1 Å². The number of nitrogens with zero attached hydrogens (tertiary/aromatic N) is 4. The number of hydrogen-bond acceptors (Lipinski definition) is 6. The summed E-state index contributed by atoms with van der Waals surface area (Å²) in [4.78, 5) is 14.2. The lowest BCUT2D eigenvalue weighted by molar-refractivity contribution is 0.238. The molecule has 138 valence electrons. The van der Waals surface area contributed by atoms with Crippen molar-refractivity contribution in [1.82, 2.24) is 14.9 Å². The van der Waals surface area contributed by atoms with E-state index >= 15 is 0 Å². The van der Waals surface area contributed by atoms with Crippen LogP contribution < -0.4 is 14.4 Å². The highest BCUT2D eigenvalue weighted by Crippen LogP contribution is 2.32. The van der Waals surface area contributed by atoms with Crippen molar-refractivity contribution < 1.29 is 9.47 Å². The predicted molar refractivity (Wildman–Crippen MR) is 101 cm³/mol. The minimum absolute atomic E-state index is 0.779. The zero-order chi connectivity index (χ0) is 17.9. The molecule has 1 saturated heterocycles. The Hall–Kier alpha value is -2.34. The maximum atomic E-state index is 5.57. The minimum atomic E-state index is 0.779. The maximum Gasteiger partial charge on any atom is 0.225 e. The molecule has 0 aliphatic carbocycles. The summed E-state index contributed by atoms with van der Waals surface area (Å²) in [6, 6.07) is 6.05. The fraction of sp³-hybridized carbons (Fsp3) is 0.500. The number of fused-ring (bicyclic) bond motifs is 1. The quantitative estimate of drug-likeness (QED) is 0.823. The summed E-state index contributed by atoms with van der Waals surface area (Å²) in [6.45, 7) is 4.86. The van der Waals surface area contributed by atoms with Crippen molar-refractivity contribution >= 4 is 5.95 Å². The second-order valence-electron chi connectivity index (χ2n) is 6.95. The number of anilines is 1.